The monoisotopic (exact) mass is 320 g/mol. The zero-order valence-corrected chi connectivity index (χ0v) is 11.7. The summed E-state index contributed by atoms with van der Waals surface area (Å²) in [7, 11) is 0. The molecule has 0 unspecified atom stereocenters. The molecular weight excluding hydrogens is 308 g/mol. The minimum Gasteiger partial charge on any atom is -0.397 e. The molecule has 1 amide bonds. The topological polar surface area (TPSA) is 55.1 Å². The van der Waals surface area contributed by atoms with Crippen LogP contribution in [0.1, 0.15) is 15.2 Å². The van der Waals surface area contributed by atoms with Gasteiger partial charge in [-0.25, -0.2) is 8.78 Å². The lowest BCUT2D eigenvalue weighted by Crippen LogP contribution is -2.41. The normalized spacial score (nSPS) is 12.1. The number of thiophene rings is 1. The van der Waals surface area contributed by atoms with E-state index in [1.54, 1.807) is 23.5 Å². The molecule has 0 saturated carbocycles. The number of rotatable bonds is 4. The van der Waals surface area contributed by atoms with Crippen LogP contribution in [0.5, 0.6) is 0 Å². The van der Waals surface area contributed by atoms with E-state index in [2.05, 4.69) is 0 Å². The van der Waals surface area contributed by atoms with Gasteiger partial charge in [0.1, 0.15) is 4.88 Å². The summed E-state index contributed by atoms with van der Waals surface area (Å²) in [5.74, 6) is -5.15. The molecule has 0 aliphatic rings. The third-order valence-electron chi connectivity index (χ3n) is 2.89. The Hall–Kier alpha value is -1.83. The molecule has 2 aromatic rings. The largest absolute Gasteiger partial charge is 0.397 e. The Bertz CT molecular complexity index is 684. The second kappa shape index (κ2) is 5.51. The van der Waals surface area contributed by atoms with Crippen molar-refractivity contribution in [1.29, 1.82) is 0 Å². The first-order chi connectivity index (χ1) is 9.72. The van der Waals surface area contributed by atoms with E-state index >= 15 is 0 Å². The summed E-state index contributed by atoms with van der Waals surface area (Å²) in [5.41, 5.74) is 6.92. The van der Waals surface area contributed by atoms with Gasteiger partial charge in [0.2, 0.25) is 0 Å². The van der Waals surface area contributed by atoms with Crippen LogP contribution in [0.4, 0.5) is 23.2 Å². The Balaban J connectivity index is 2.22. The second-order valence-corrected chi connectivity index (χ2v) is 5.64. The van der Waals surface area contributed by atoms with E-state index in [0.29, 0.717) is 5.39 Å². The summed E-state index contributed by atoms with van der Waals surface area (Å²) in [6, 6.07) is 5.33. The molecule has 1 aromatic heterocycles. The minimum atomic E-state index is -4.27. The number of anilines is 1. The number of nitrogen functional groups attached to an aromatic ring is 1. The fourth-order valence-electron chi connectivity index (χ4n) is 1.75. The number of nitrogens with two attached hydrogens (primary N) is 1. The first-order valence-corrected chi connectivity index (χ1v) is 6.77. The first-order valence-electron chi connectivity index (χ1n) is 5.95. The van der Waals surface area contributed by atoms with E-state index < -0.39 is 24.8 Å². The zero-order chi connectivity index (χ0) is 15.8. The van der Waals surface area contributed by atoms with Crippen molar-refractivity contribution in [1.82, 2.24) is 5.32 Å². The molecule has 0 atom stereocenters. The van der Waals surface area contributed by atoms with E-state index in [1.165, 1.54) is 0 Å². The molecule has 0 bridgehead atoms. The number of alkyl halides is 4. The van der Waals surface area contributed by atoms with Crippen LogP contribution in [0.3, 0.4) is 0 Å². The predicted octanol–water partition coefficient (Wildman–Crippen LogP) is 3.42. The van der Waals surface area contributed by atoms with Gasteiger partial charge in [-0.05, 0) is 18.6 Å². The molecule has 1 heterocycles. The lowest BCUT2D eigenvalue weighted by atomic mass is 10.1. The predicted molar refractivity (Wildman–Crippen MR) is 74.3 cm³/mol. The number of benzene rings is 1. The Morgan fingerprint density at radius 3 is 2.71 bits per heavy atom. The van der Waals surface area contributed by atoms with E-state index in [1.807, 2.05) is 6.92 Å². The van der Waals surface area contributed by atoms with Gasteiger partial charge in [0.25, 0.3) is 5.91 Å². The molecule has 0 saturated heterocycles. The number of aryl methyl sites for hydroxylation is 1. The Kier molecular flexibility index (Phi) is 4.08. The number of hydrogen-bond donors (Lipinski definition) is 2. The highest BCUT2D eigenvalue weighted by molar-refractivity contribution is 7.21. The van der Waals surface area contributed by atoms with Crippen molar-refractivity contribution in [3.05, 3.63) is 28.6 Å². The van der Waals surface area contributed by atoms with Gasteiger partial charge in [0.15, 0.2) is 0 Å². The van der Waals surface area contributed by atoms with Crippen LogP contribution in [0.2, 0.25) is 0 Å². The number of halogens is 4. The van der Waals surface area contributed by atoms with Crippen molar-refractivity contribution >= 4 is 33.0 Å². The summed E-state index contributed by atoms with van der Waals surface area (Å²) in [4.78, 5) is 11.9. The van der Waals surface area contributed by atoms with Crippen LogP contribution in [-0.4, -0.2) is 24.8 Å². The number of carbonyl (C=O) groups excluding carboxylic acids is 1. The lowest BCUT2D eigenvalue weighted by molar-refractivity contribution is -0.123. The summed E-state index contributed by atoms with van der Waals surface area (Å²) in [6.45, 7) is 0.425. The smallest absolute Gasteiger partial charge is 0.324 e. The number of amides is 1. The molecule has 0 spiro atoms. The van der Waals surface area contributed by atoms with E-state index in [0.717, 1.165) is 21.6 Å². The fraction of sp³-hybridized carbons (Fsp3) is 0.308. The maximum Gasteiger partial charge on any atom is 0.324 e. The van der Waals surface area contributed by atoms with Gasteiger partial charge in [-0.3, -0.25) is 4.79 Å². The molecule has 21 heavy (non-hydrogen) atoms. The average molecular weight is 320 g/mol. The summed E-state index contributed by atoms with van der Waals surface area (Å²) >= 11 is 1.04. The summed E-state index contributed by atoms with van der Waals surface area (Å²) in [6.07, 6.45) is -3.83. The molecule has 0 fully saturated rings. The molecule has 0 radical (unpaired) electrons. The van der Waals surface area contributed by atoms with Gasteiger partial charge in [0.05, 0.1) is 12.2 Å². The maximum atomic E-state index is 12.8. The molecule has 2 rings (SSSR count). The van der Waals surface area contributed by atoms with Crippen LogP contribution < -0.4 is 11.1 Å². The van der Waals surface area contributed by atoms with Gasteiger partial charge in [-0.1, -0.05) is 12.1 Å². The van der Waals surface area contributed by atoms with Crippen molar-refractivity contribution in [2.45, 2.75) is 19.3 Å². The van der Waals surface area contributed by atoms with Gasteiger partial charge >= 0.3 is 12.3 Å². The lowest BCUT2D eigenvalue weighted by Gasteiger charge is -2.15. The molecule has 3 nitrogen and oxygen atoms in total. The summed E-state index contributed by atoms with van der Waals surface area (Å²) in [5, 5.41) is 2.43. The first kappa shape index (κ1) is 15.6. The third-order valence-corrected chi connectivity index (χ3v) is 4.06. The fourth-order valence-corrected chi connectivity index (χ4v) is 2.89. The Morgan fingerprint density at radius 2 is 2.10 bits per heavy atom. The molecule has 0 aliphatic carbocycles. The van der Waals surface area contributed by atoms with Crippen LogP contribution in [0.25, 0.3) is 10.1 Å². The molecule has 3 N–H and O–H groups in total. The van der Waals surface area contributed by atoms with Crippen molar-refractivity contribution in [3.63, 3.8) is 0 Å². The Morgan fingerprint density at radius 1 is 1.43 bits per heavy atom. The number of fused-ring (bicyclic) bond motifs is 1. The number of nitrogens with one attached hydrogen (secondary N) is 1. The standard InChI is InChI=1S/C13H12F4N2OS/c1-6-2-3-7-8(4-6)21-10(9(7)18)11(20)19-5-13(16,17)12(14)15/h2-4,12H,5,18H2,1H3,(H,19,20). The minimum absolute atomic E-state index is 0.0423. The molecule has 114 valence electrons. The van der Waals surface area contributed by atoms with Gasteiger partial charge in [-0.15, -0.1) is 11.3 Å². The summed E-state index contributed by atoms with van der Waals surface area (Å²) < 4.78 is 50.4. The molecular formula is C13H12F4N2OS. The van der Waals surface area contributed by atoms with Crippen LogP contribution in [-0.2, 0) is 0 Å². The van der Waals surface area contributed by atoms with E-state index in [-0.39, 0.29) is 10.6 Å². The number of hydrogen-bond acceptors (Lipinski definition) is 3. The van der Waals surface area contributed by atoms with Gasteiger partial charge in [-0.2, -0.15) is 8.78 Å². The highest BCUT2D eigenvalue weighted by Crippen LogP contribution is 2.34. The van der Waals surface area contributed by atoms with Crippen molar-refractivity contribution in [3.8, 4) is 0 Å². The molecule has 8 heteroatoms. The van der Waals surface area contributed by atoms with Crippen LogP contribution in [0.15, 0.2) is 18.2 Å². The second-order valence-electron chi connectivity index (χ2n) is 4.59. The number of carbonyl (C=O) groups is 1. The quantitative estimate of drug-likeness (QED) is 0.848. The van der Waals surface area contributed by atoms with Gasteiger partial charge < -0.3 is 11.1 Å². The van der Waals surface area contributed by atoms with Crippen LogP contribution in [0, 0.1) is 6.92 Å². The van der Waals surface area contributed by atoms with Crippen LogP contribution >= 0.6 is 11.3 Å². The molecule has 0 aliphatic heterocycles. The SMILES string of the molecule is Cc1ccc2c(N)c(C(=O)NCC(F)(F)C(F)F)sc2c1. The Labute approximate surface area is 121 Å². The highest BCUT2D eigenvalue weighted by atomic mass is 32.1. The van der Waals surface area contributed by atoms with E-state index in [4.69, 9.17) is 5.73 Å². The maximum absolute atomic E-state index is 12.8. The highest BCUT2D eigenvalue weighted by Gasteiger charge is 2.41. The van der Waals surface area contributed by atoms with Crippen molar-refractivity contribution in [2.75, 3.05) is 12.3 Å². The van der Waals surface area contributed by atoms with Gasteiger partial charge in [0, 0.05) is 10.1 Å². The van der Waals surface area contributed by atoms with Crippen molar-refractivity contribution in [2.24, 2.45) is 0 Å². The zero-order valence-electron chi connectivity index (χ0n) is 10.9. The molecule has 1 aromatic carbocycles. The third kappa shape index (κ3) is 3.10. The average Bonchev–Trinajstić information content (AvgIpc) is 2.72. The van der Waals surface area contributed by atoms with E-state index in [9.17, 15) is 22.4 Å². The van der Waals surface area contributed by atoms with Crippen molar-refractivity contribution < 1.29 is 22.4 Å².